The maximum absolute atomic E-state index is 10.7. The predicted molar refractivity (Wildman–Crippen MR) is 63.0 cm³/mol. The highest BCUT2D eigenvalue weighted by molar-refractivity contribution is 5.84. The summed E-state index contributed by atoms with van der Waals surface area (Å²) in [5.41, 5.74) is 0. The van der Waals surface area contributed by atoms with Gasteiger partial charge in [0.2, 0.25) is 5.76 Å². The molecule has 0 saturated heterocycles. The smallest absolute Gasteiger partial charge is 0.371 e. The molecule has 90 valence electrons. The second kappa shape index (κ2) is 5.58. The van der Waals surface area contributed by atoms with Crippen LogP contribution in [0.1, 0.15) is 37.7 Å². The Kier molecular flexibility index (Phi) is 4.40. The Hall–Kier alpha value is -1.45. The maximum Gasteiger partial charge on any atom is 0.371 e. The van der Waals surface area contributed by atoms with Crippen LogP contribution in [0.3, 0.4) is 0 Å². The lowest BCUT2D eigenvalue weighted by Gasteiger charge is -2.23. The first-order chi connectivity index (χ1) is 7.58. The number of rotatable bonds is 6. The molecule has 16 heavy (non-hydrogen) atoms. The molecular formula is C12H19NO3. The van der Waals surface area contributed by atoms with Crippen LogP contribution < -0.4 is 4.90 Å². The van der Waals surface area contributed by atoms with Crippen LogP contribution in [0.25, 0.3) is 0 Å². The van der Waals surface area contributed by atoms with Crippen molar-refractivity contribution >= 4 is 11.9 Å². The number of carboxylic acids is 1. The molecule has 0 saturated carbocycles. The van der Waals surface area contributed by atoms with Gasteiger partial charge in [-0.15, -0.1) is 0 Å². The third-order valence-electron chi connectivity index (χ3n) is 2.72. The van der Waals surface area contributed by atoms with Crippen molar-refractivity contribution < 1.29 is 14.3 Å². The normalized spacial score (nSPS) is 12.4. The first-order valence-electron chi connectivity index (χ1n) is 5.66. The largest absolute Gasteiger partial charge is 0.475 e. The number of aromatic carboxylic acids is 1. The molecule has 0 radical (unpaired) electrons. The highest BCUT2D eigenvalue weighted by atomic mass is 16.4. The van der Waals surface area contributed by atoms with Crippen LogP contribution in [-0.2, 0) is 0 Å². The minimum absolute atomic E-state index is 0.00222. The third-order valence-corrected chi connectivity index (χ3v) is 2.72. The number of nitrogens with zero attached hydrogens (tertiary/aromatic N) is 1. The molecule has 0 spiro atoms. The standard InChI is InChI=1S/C12H19NO3/c1-4-9(3)8-13(5-2)11-7-6-10(16-11)12(14)15/h6-7,9H,4-5,8H2,1-3H3,(H,14,15). The molecule has 4 nitrogen and oxygen atoms in total. The molecule has 1 heterocycles. The van der Waals surface area contributed by atoms with Gasteiger partial charge in [0.15, 0.2) is 5.88 Å². The van der Waals surface area contributed by atoms with E-state index in [9.17, 15) is 4.79 Å². The van der Waals surface area contributed by atoms with Crippen LogP contribution in [0.15, 0.2) is 16.5 Å². The van der Waals surface area contributed by atoms with Crippen molar-refractivity contribution in [2.24, 2.45) is 5.92 Å². The molecule has 1 aromatic heterocycles. The van der Waals surface area contributed by atoms with Crippen molar-refractivity contribution in [3.05, 3.63) is 17.9 Å². The highest BCUT2D eigenvalue weighted by Gasteiger charge is 2.14. The van der Waals surface area contributed by atoms with Gasteiger partial charge in [-0.2, -0.15) is 0 Å². The summed E-state index contributed by atoms with van der Waals surface area (Å²) >= 11 is 0. The molecular weight excluding hydrogens is 206 g/mol. The molecule has 0 bridgehead atoms. The molecule has 1 aromatic rings. The molecule has 0 amide bonds. The van der Waals surface area contributed by atoms with Crippen LogP contribution in [-0.4, -0.2) is 24.2 Å². The summed E-state index contributed by atoms with van der Waals surface area (Å²) in [4.78, 5) is 12.7. The molecule has 0 aliphatic carbocycles. The van der Waals surface area contributed by atoms with Gasteiger partial charge in [0.1, 0.15) is 0 Å². The van der Waals surface area contributed by atoms with Crippen LogP contribution in [0.2, 0.25) is 0 Å². The maximum atomic E-state index is 10.7. The van der Waals surface area contributed by atoms with Gasteiger partial charge in [-0.1, -0.05) is 20.3 Å². The quantitative estimate of drug-likeness (QED) is 0.808. The van der Waals surface area contributed by atoms with E-state index < -0.39 is 5.97 Å². The summed E-state index contributed by atoms with van der Waals surface area (Å²) in [6.45, 7) is 8.05. The average Bonchev–Trinajstić information content (AvgIpc) is 2.74. The highest BCUT2D eigenvalue weighted by Crippen LogP contribution is 2.20. The van der Waals surface area contributed by atoms with E-state index in [-0.39, 0.29) is 5.76 Å². The molecule has 1 atom stereocenters. The van der Waals surface area contributed by atoms with E-state index in [0.29, 0.717) is 11.8 Å². The third kappa shape index (κ3) is 3.02. The van der Waals surface area contributed by atoms with Crippen molar-refractivity contribution in [1.82, 2.24) is 0 Å². The minimum Gasteiger partial charge on any atom is -0.475 e. The van der Waals surface area contributed by atoms with E-state index in [0.717, 1.165) is 19.5 Å². The van der Waals surface area contributed by atoms with Crippen molar-refractivity contribution in [2.45, 2.75) is 27.2 Å². The van der Waals surface area contributed by atoms with Gasteiger partial charge in [-0.05, 0) is 18.9 Å². The lowest BCUT2D eigenvalue weighted by molar-refractivity contribution is 0.0663. The number of anilines is 1. The Labute approximate surface area is 95.9 Å². The van der Waals surface area contributed by atoms with Crippen LogP contribution in [0, 0.1) is 5.92 Å². The van der Waals surface area contributed by atoms with Gasteiger partial charge in [-0.25, -0.2) is 4.79 Å². The van der Waals surface area contributed by atoms with Crippen molar-refractivity contribution in [3.63, 3.8) is 0 Å². The average molecular weight is 225 g/mol. The molecule has 1 unspecified atom stereocenters. The molecule has 0 aliphatic heterocycles. The van der Waals surface area contributed by atoms with E-state index in [4.69, 9.17) is 9.52 Å². The minimum atomic E-state index is -1.02. The predicted octanol–water partition coefficient (Wildman–Crippen LogP) is 2.85. The summed E-state index contributed by atoms with van der Waals surface area (Å²) in [7, 11) is 0. The second-order valence-electron chi connectivity index (χ2n) is 4.00. The van der Waals surface area contributed by atoms with E-state index in [1.807, 2.05) is 6.92 Å². The number of furan rings is 1. The summed E-state index contributed by atoms with van der Waals surface area (Å²) in [5.74, 6) is 0.182. The van der Waals surface area contributed by atoms with E-state index in [1.165, 1.54) is 6.07 Å². The van der Waals surface area contributed by atoms with Gasteiger partial charge >= 0.3 is 5.97 Å². The summed E-state index contributed by atoms with van der Waals surface area (Å²) in [6, 6.07) is 3.21. The fraction of sp³-hybridized carbons (Fsp3) is 0.583. The molecule has 1 N–H and O–H groups in total. The Morgan fingerprint density at radius 3 is 2.62 bits per heavy atom. The fourth-order valence-electron chi connectivity index (χ4n) is 1.49. The Morgan fingerprint density at radius 1 is 1.50 bits per heavy atom. The Morgan fingerprint density at radius 2 is 2.19 bits per heavy atom. The molecule has 0 aliphatic rings. The van der Waals surface area contributed by atoms with Gasteiger partial charge in [0.05, 0.1) is 0 Å². The first kappa shape index (κ1) is 12.6. The molecule has 0 aromatic carbocycles. The zero-order valence-electron chi connectivity index (χ0n) is 10.1. The summed E-state index contributed by atoms with van der Waals surface area (Å²) in [6.07, 6.45) is 1.10. The van der Waals surface area contributed by atoms with E-state index in [1.54, 1.807) is 6.07 Å². The van der Waals surface area contributed by atoms with Crippen molar-refractivity contribution in [2.75, 3.05) is 18.0 Å². The van der Waals surface area contributed by atoms with Gasteiger partial charge in [0, 0.05) is 19.2 Å². The lowest BCUT2D eigenvalue weighted by Crippen LogP contribution is -2.27. The summed E-state index contributed by atoms with van der Waals surface area (Å²) in [5, 5.41) is 8.77. The zero-order valence-corrected chi connectivity index (χ0v) is 10.1. The number of hydrogen-bond donors (Lipinski definition) is 1. The molecule has 4 heteroatoms. The van der Waals surface area contributed by atoms with E-state index >= 15 is 0 Å². The van der Waals surface area contributed by atoms with Gasteiger partial charge in [0.25, 0.3) is 0 Å². The second-order valence-corrected chi connectivity index (χ2v) is 4.00. The van der Waals surface area contributed by atoms with E-state index in [2.05, 4.69) is 18.7 Å². The molecule has 0 fully saturated rings. The van der Waals surface area contributed by atoms with Crippen LogP contribution in [0.4, 0.5) is 5.88 Å². The van der Waals surface area contributed by atoms with Crippen molar-refractivity contribution in [3.8, 4) is 0 Å². The van der Waals surface area contributed by atoms with Crippen LogP contribution in [0.5, 0.6) is 0 Å². The first-order valence-corrected chi connectivity index (χ1v) is 5.66. The molecule has 1 rings (SSSR count). The van der Waals surface area contributed by atoms with Crippen molar-refractivity contribution in [1.29, 1.82) is 0 Å². The van der Waals surface area contributed by atoms with Crippen LogP contribution >= 0.6 is 0 Å². The number of carboxylic acid groups (broad SMARTS) is 1. The monoisotopic (exact) mass is 225 g/mol. The Bertz CT molecular complexity index is 346. The lowest BCUT2D eigenvalue weighted by atomic mass is 10.1. The fourth-order valence-corrected chi connectivity index (χ4v) is 1.49. The Balaban J connectivity index is 2.74. The topological polar surface area (TPSA) is 53.7 Å². The summed E-state index contributed by atoms with van der Waals surface area (Å²) < 4.78 is 5.27. The number of carbonyl (C=O) groups is 1. The zero-order chi connectivity index (χ0) is 12.1. The van der Waals surface area contributed by atoms with Gasteiger partial charge in [-0.3, -0.25) is 0 Å². The SMILES string of the molecule is CCC(C)CN(CC)c1ccc(C(=O)O)o1. The number of hydrogen-bond acceptors (Lipinski definition) is 3. The van der Waals surface area contributed by atoms with Gasteiger partial charge < -0.3 is 14.4 Å².